The third-order valence-corrected chi connectivity index (χ3v) is 3.40. The number of nitrogens with two attached hydrogens (primary N) is 1. The molecule has 3 N–H and O–H groups in total. The third kappa shape index (κ3) is 5.43. The van der Waals surface area contributed by atoms with Gasteiger partial charge in [0.1, 0.15) is 0 Å². The van der Waals surface area contributed by atoms with Crippen molar-refractivity contribution in [3.05, 3.63) is 29.8 Å². The van der Waals surface area contributed by atoms with Crippen molar-refractivity contribution in [1.29, 1.82) is 0 Å². The summed E-state index contributed by atoms with van der Waals surface area (Å²) in [4.78, 5) is 12.1. The Morgan fingerprint density at radius 3 is 2.58 bits per heavy atom. The first-order valence-corrected chi connectivity index (χ1v) is 7.19. The van der Waals surface area contributed by atoms with E-state index in [1.54, 1.807) is 0 Å². The Balaban J connectivity index is 2.49. The molecule has 0 heterocycles. The van der Waals surface area contributed by atoms with Gasteiger partial charge in [0, 0.05) is 17.6 Å². The fraction of sp³-hybridized carbons (Fsp3) is 0.562. The molecule has 1 aromatic carbocycles. The Labute approximate surface area is 116 Å². The number of nitrogens with one attached hydrogen (secondary N) is 1. The minimum absolute atomic E-state index is 0.0312. The van der Waals surface area contributed by atoms with Gasteiger partial charge >= 0.3 is 0 Å². The smallest absolute Gasteiger partial charge is 0.227 e. The van der Waals surface area contributed by atoms with Crippen molar-refractivity contribution in [2.75, 3.05) is 5.32 Å². The highest BCUT2D eigenvalue weighted by atomic mass is 16.1. The molecule has 1 amide bonds. The van der Waals surface area contributed by atoms with Gasteiger partial charge in [0.15, 0.2) is 0 Å². The van der Waals surface area contributed by atoms with Gasteiger partial charge in [-0.15, -0.1) is 0 Å². The zero-order chi connectivity index (χ0) is 14.3. The number of benzene rings is 1. The van der Waals surface area contributed by atoms with Gasteiger partial charge in [-0.25, -0.2) is 0 Å². The Morgan fingerprint density at radius 2 is 1.95 bits per heavy atom. The predicted molar refractivity (Wildman–Crippen MR) is 81.1 cm³/mol. The van der Waals surface area contributed by atoms with Gasteiger partial charge in [-0.1, -0.05) is 38.5 Å². The number of carbonyl (C=O) groups is 1. The molecular formula is C16H26N2O. The van der Waals surface area contributed by atoms with Crippen molar-refractivity contribution < 1.29 is 4.79 Å². The summed E-state index contributed by atoms with van der Waals surface area (Å²) in [6.45, 7) is 6.07. The topological polar surface area (TPSA) is 55.1 Å². The first kappa shape index (κ1) is 15.7. The van der Waals surface area contributed by atoms with E-state index in [0.717, 1.165) is 31.4 Å². The van der Waals surface area contributed by atoms with Crippen LogP contribution in [0.15, 0.2) is 24.3 Å². The van der Waals surface area contributed by atoms with Gasteiger partial charge in [-0.3, -0.25) is 4.79 Å². The van der Waals surface area contributed by atoms with Crippen LogP contribution < -0.4 is 11.1 Å². The summed E-state index contributed by atoms with van der Waals surface area (Å²) in [6, 6.07) is 8.19. The van der Waals surface area contributed by atoms with E-state index in [1.807, 2.05) is 32.0 Å². The van der Waals surface area contributed by atoms with Crippen LogP contribution >= 0.6 is 0 Å². The molecule has 0 spiro atoms. The molecule has 3 heteroatoms. The molecule has 0 aliphatic heterocycles. The standard InChI is InChI=1S/C16H26N2O/c1-4-14-10-5-6-11-15(14)18-16(19)12(2)8-7-9-13(3)17/h5-6,10-13H,4,7-9,17H2,1-3H3,(H,18,19). The SMILES string of the molecule is CCc1ccccc1NC(=O)C(C)CCCC(C)N. The second kappa shape index (κ2) is 7.95. The zero-order valence-corrected chi connectivity index (χ0v) is 12.3. The van der Waals surface area contributed by atoms with Crippen molar-refractivity contribution >= 4 is 11.6 Å². The third-order valence-electron chi connectivity index (χ3n) is 3.40. The molecule has 0 radical (unpaired) electrons. The highest BCUT2D eigenvalue weighted by Gasteiger charge is 2.14. The number of hydrogen-bond acceptors (Lipinski definition) is 2. The van der Waals surface area contributed by atoms with Gasteiger partial charge in [0.2, 0.25) is 5.91 Å². The molecule has 0 saturated carbocycles. The van der Waals surface area contributed by atoms with Crippen LogP contribution in [0.4, 0.5) is 5.69 Å². The van der Waals surface area contributed by atoms with E-state index < -0.39 is 0 Å². The van der Waals surface area contributed by atoms with E-state index in [1.165, 1.54) is 5.56 Å². The lowest BCUT2D eigenvalue weighted by atomic mass is 10.0. The van der Waals surface area contributed by atoms with E-state index in [9.17, 15) is 4.79 Å². The summed E-state index contributed by atoms with van der Waals surface area (Å²) >= 11 is 0. The largest absolute Gasteiger partial charge is 0.328 e. The van der Waals surface area contributed by atoms with Crippen LogP contribution in [0.2, 0.25) is 0 Å². The quantitative estimate of drug-likeness (QED) is 0.792. The van der Waals surface area contributed by atoms with E-state index in [-0.39, 0.29) is 17.9 Å². The van der Waals surface area contributed by atoms with E-state index in [4.69, 9.17) is 5.73 Å². The summed E-state index contributed by atoms with van der Waals surface area (Å²) in [5, 5.41) is 3.03. The van der Waals surface area contributed by atoms with Crippen LogP contribution in [0.3, 0.4) is 0 Å². The molecule has 1 aromatic rings. The molecule has 0 aromatic heterocycles. The lowest BCUT2D eigenvalue weighted by molar-refractivity contribution is -0.119. The summed E-state index contributed by atoms with van der Waals surface area (Å²) < 4.78 is 0. The molecule has 3 nitrogen and oxygen atoms in total. The summed E-state index contributed by atoms with van der Waals surface area (Å²) in [5.74, 6) is 0.134. The van der Waals surface area contributed by atoms with E-state index in [0.29, 0.717) is 0 Å². The number of hydrogen-bond donors (Lipinski definition) is 2. The van der Waals surface area contributed by atoms with Gasteiger partial charge in [0.05, 0.1) is 0 Å². The highest BCUT2D eigenvalue weighted by Crippen LogP contribution is 2.18. The Morgan fingerprint density at radius 1 is 1.26 bits per heavy atom. The second-order valence-corrected chi connectivity index (χ2v) is 5.31. The molecule has 0 aliphatic carbocycles. The van der Waals surface area contributed by atoms with Gasteiger partial charge < -0.3 is 11.1 Å². The minimum atomic E-state index is 0.0312. The number of anilines is 1. The van der Waals surface area contributed by atoms with E-state index >= 15 is 0 Å². The Kier molecular flexibility index (Phi) is 6.57. The number of aryl methyl sites for hydroxylation is 1. The number of carbonyl (C=O) groups excluding carboxylic acids is 1. The van der Waals surface area contributed by atoms with Crippen LogP contribution in [0, 0.1) is 5.92 Å². The minimum Gasteiger partial charge on any atom is -0.328 e. The van der Waals surface area contributed by atoms with E-state index in [2.05, 4.69) is 18.3 Å². The molecule has 0 fully saturated rings. The van der Waals surface area contributed by atoms with Gasteiger partial charge in [-0.05, 0) is 37.8 Å². The Hall–Kier alpha value is -1.35. The van der Waals surface area contributed by atoms with Crippen molar-refractivity contribution in [2.24, 2.45) is 11.7 Å². The molecule has 19 heavy (non-hydrogen) atoms. The molecule has 0 aliphatic rings. The first-order chi connectivity index (χ1) is 9.04. The van der Waals surface area contributed by atoms with Crippen molar-refractivity contribution in [3.63, 3.8) is 0 Å². The molecule has 0 saturated heterocycles. The van der Waals surface area contributed by atoms with Crippen molar-refractivity contribution in [2.45, 2.75) is 52.5 Å². The maximum absolute atomic E-state index is 12.1. The lowest BCUT2D eigenvalue weighted by Gasteiger charge is -2.14. The maximum atomic E-state index is 12.1. The molecule has 2 unspecified atom stereocenters. The van der Waals surface area contributed by atoms with Gasteiger partial charge in [-0.2, -0.15) is 0 Å². The average Bonchev–Trinajstić information content (AvgIpc) is 2.38. The molecular weight excluding hydrogens is 236 g/mol. The summed E-state index contributed by atoms with van der Waals surface area (Å²) in [5.41, 5.74) is 7.83. The molecule has 0 bridgehead atoms. The monoisotopic (exact) mass is 262 g/mol. The van der Waals surface area contributed by atoms with Crippen LogP contribution in [0.5, 0.6) is 0 Å². The van der Waals surface area contributed by atoms with Gasteiger partial charge in [0.25, 0.3) is 0 Å². The summed E-state index contributed by atoms with van der Waals surface area (Å²) in [7, 11) is 0. The fourth-order valence-corrected chi connectivity index (χ4v) is 2.08. The summed E-state index contributed by atoms with van der Waals surface area (Å²) in [6.07, 6.45) is 3.79. The first-order valence-electron chi connectivity index (χ1n) is 7.19. The molecule has 106 valence electrons. The van der Waals surface area contributed by atoms with Crippen molar-refractivity contribution in [3.8, 4) is 0 Å². The van der Waals surface area contributed by atoms with Crippen LogP contribution in [0.25, 0.3) is 0 Å². The number of rotatable bonds is 7. The van der Waals surface area contributed by atoms with Crippen LogP contribution in [-0.4, -0.2) is 11.9 Å². The fourth-order valence-electron chi connectivity index (χ4n) is 2.08. The number of amides is 1. The lowest BCUT2D eigenvalue weighted by Crippen LogP contribution is -2.22. The highest BCUT2D eigenvalue weighted by molar-refractivity contribution is 5.93. The Bertz CT molecular complexity index is 401. The van der Waals surface area contributed by atoms with Crippen molar-refractivity contribution in [1.82, 2.24) is 0 Å². The number of para-hydroxylation sites is 1. The van der Waals surface area contributed by atoms with Crippen LogP contribution in [0.1, 0.15) is 45.6 Å². The average molecular weight is 262 g/mol. The van der Waals surface area contributed by atoms with Crippen LogP contribution in [-0.2, 0) is 11.2 Å². The zero-order valence-electron chi connectivity index (χ0n) is 12.3. The molecule has 2 atom stereocenters. The second-order valence-electron chi connectivity index (χ2n) is 5.31. The predicted octanol–water partition coefficient (Wildman–Crippen LogP) is 3.34. The molecule has 1 rings (SSSR count). The maximum Gasteiger partial charge on any atom is 0.227 e. The normalized spacial score (nSPS) is 13.9.